The molecule has 2 heterocycles. The minimum atomic E-state index is -3.30. The van der Waals surface area contributed by atoms with Crippen molar-refractivity contribution in [1.82, 2.24) is 10.3 Å². The molecule has 1 aliphatic rings. The van der Waals surface area contributed by atoms with Gasteiger partial charge in [0.2, 0.25) is 5.43 Å². The third kappa shape index (κ3) is 2.52. The summed E-state index contributed by atoms with van der Waals surface area (Å²) in [4.78, 5) is 26.9. The Balaban J connectivity index is 1.94. The topological polar surface area (TPSA) is 96.1 Å². The molecule has 1 aromatic heterocycles. The zero-order valence-corrected chi connectivity index (χ0v) is 12.0. The first kappa shape index (κ1) is 14.5. The largest absolute Gasteiger partial charge is 0.358 e. The Hall–Kier alpha value is -2.48. The van der Waals surface area contributed by atoms with Crippen molar-refractivity contribution < 1.29 is 17.6 Å². The highest BCUT2D eigenvalue weighted by Gasteiger charge is 2.24. The second-order valence-electron chi connectivity index (χ2n) is 4.93. The summed E-state index contributed by atoms with van der Waals surface area (Å²) in [5.41, 5.74) is -0.793. The van der Waals surface area contributed by atoms with E-state index in [1.807, 2.05) is 0 Å². The molecule has 0 radical (unpaired) electrons. The lowest BCUT2D eigenvalue weighted by molar-refractivity contribution is 0.0946. The van der Waals surface area contributed by atoms with E-state index in [1.165, 1.54) is 24.3 Å². The lowest BCUT2D eigenvalue weighted by Gasteiger charge is -2.10. The van der Waals surface area contributed by atoms with E-state index in [-0.39, 0.29) is 22.2 Å². The zero-order chi connectivity index (χ0) is 15.9. The number of rotatable bonds is 2. The summed E-state index contributed by atoms with van der Waals surface area (Å²) in [6, 6.07) is 3.31. The molecule has 0 aliphatic carbocycles. The summed E-state index contributed by atoms with van der Waals surface area (Å²) in [5.74, 6) is -1.54. The molecule has 6 nitrogen and oxygen atoms in total. The fraction of sp³-hybridized carbons (Fsp3) is 0.143. The van der Waals surface area contributed by atoms with Crippen LogP contribution < -0.4 is 10.7 Å². The van der Waals surface area contributed by atoms with Crippen LogP contribution in [0.25, 0.3) is 10.9 Å². The van der Waals surface area contributed by atoms with Crippen LogP contribution in [0, 0.1) is 5.82 Å². The van der Waals surface area contributed by atoms with Crippen LogP contribution in [0.2, 0.25) is 0 Å². The monoisotopic (exact) mass is 322 g/mol. The Morgan fingerprint density at radius 2 is 2.14 bits per heavy atom. The van der Waals surface area contributed by atoms with Crippen molar-refractivity contribution in [3.8, 4) is 0 Å². The van der Waals surface area contributed by atoms with Gasteiger partial charge < -0.3 is 10.3 Å². The van der Waals surface area contributed by atoms with Gasteiger partial charge in [-0.05, 0) is 18.2 Å². The number of benzene rings is 1. The number of hydrogen-bond acceptors (Lipinski definition) is 4. The van der Waals surface area contributed by atoms with Gasteiger partial charge in [-0.1, -0.05) is 6.07 Å². The van der Waals surface area contributed by atoms with Gasteiger partial charge in [-0.25, -0.2) is 12.8 Å². The van der Waals surface area contributed by atoms with Crippen molar-refractivity contribution in [2.75, 3.05) is 5.75 Å². The van der Waals surface area contributed by atoms with E-state index >= 15 is 0 Å². The smallest absolute Gasteiger partial charge is 0.257 e. The number of carbonyl (C=O) groups excluding carboxylic acids is 1. The second-order valence-corrected chi connectivity index (χ2v) is 6.86. The fourth-order valence-corrected chi connectivity index (χ4v) is 3.53. The lowest BCUT2D eigenvalue weighted by Crippen LogP contribution is -2.37. The van der Waals surface area contributed by atoms with Crippen LogP contribution in [-0.4, -0.2) is 31.1 Å². The third-order valence-electron chi connectivity index (χ3n) is 3.35. The molecule has 0 bridgehead atoms. The number of aromatic amines is 1. The molecule has 2 N–H and O–H groups in total. The number of sulfone groups is 1. The number of pyridine rings is 1. The van der Waals surface area contributed by atoms with E-state index in [9.17, 15) is 22.4 Å². The number of fused-ring (bicyclic) bond motifs is 1. The number of halogens is 1. The van der Waals surface area contributed by atoms with Crippen LogP contribution in [0.3, 0.4) is 0 Å². The number of nitrogens with one attached hydrogen (secondary N) is 2. The number of amides is 1. The average molecular weight is 322 g/mol. The van der Waals surface area contributed by atoms with Crippen molar-refractivity contribution >= 4 is 26.6 Å². The first-order valence-electron chi connectivity index (χ1n) is 6.39. The van der Waals surface area contributed by atoms with Gasteiger partial charge in [0.05, 0.1) is 17.3 Å². The van der Waals surface area contributed by atoms with E-state index in [0.29, 0.717) is 0 Å². The van der Waals surface area contributed by atoms with Crippen molar-refractivity contribution in [3.05, 3.63) is 57.5 Å². The van der Waals surface area contributed by atoms with Crippen LogP contribution in [0.15, 0.2) is 40.7 Å². The van der Waals surface area contributed by atoms with Gasteiger partial charge in [0, 0.05) is 17.0 Å². The summed E-state index contributed by atoms with van der Waals surface area (Å²) in [5, 5.41) is 3.54. The highest BCUT2D eigenvalue weighted by Crippen LogP contribution is 2.13. The Morgan fingerprint density at radius 1 is 1.36 bits per heavy atom. The van der Waals surface area contributed by atoms with Crippen LogP contribution in [0.5, 0.6) is 0 Å². The second kappa shape index (κ2) is 5.06. The molecule has 0 saturated heterocycles. The Kier molecular flexibility index (Phi) is 3.32. The molecular formula is C14H11FN2O4S. The summed E-state index contributed by atoms with van der Waals surface area (Å²) >= 11 is 0. The minimum absolute atomic E-state index is 0.0207. The first-order valence-corrected chi connectivity index (χ1v) is 8.11. The molecule has 8 heteroatoms. The molecule has 3 rings (SSSR count). The Labute approximate surface area is 124 Å². The molecule has 2 aromatic rings. The van der Waals surface area contributed by atoms with Gasteiger partial charge in [0.15, 0.2) is 9.84 Å². The summed E-state index contributed by atoms with van der Waals surface area (Å²) in [6.07, 6.45) is 2.47. The first-order chi connectivity index (χ1) is 10.4. The molecule has 0 fully saturated rings. The normalized spacial score (nSPS) is 19.4. The molecule has 114 valence electrons. The zero-order valence-electron chi connectivity index (χ0n) is 11.2. The standard InChI is InChI=1S/C14H11FN2O4S/c15-11-3-1-2-9-12(11)16-6-10(13(9)18)14(19)17-8-4-5-22(20,21)7-8/h1-6,8H,7H2,(H,16,18)(H,17,19)/t8-/m1/s1. The maximum absolute atomic E-state index is 13.6. The van der Waals surface area contributed by atoms with Crippen LogP contribution >= 0.6 is 0 Å². The predicted octanol–water partition coefficient (Wildman–Crippen LogP) is 0.708. The lowest BCUT2D eigenvalue weighted by atomic mass is 10.1. The van der Waals surface area contributed by atoms with Crippen molar-refractivity contribution in [1.29, 1.82) is 0 Å². The molecule has 1 aliphatic heterocycles. The maximum Gasteiger partial charge on any atom is 0.257 e. The molecule has 1 aromatic carbocycles. The molecule has 22 heavy (non-hydrogen) atoms. The van der Waals surface area contributed by atoms with E-state index in [1.54, 1.807) is 0 Å². The van der Waals surface area contributed by atoms with Crippen LogP contribution in [0.4, 0.5) is 4.39 Å². The number of hydrogen-bond donors (Lipinski definition) is 2. The van der Waals surface area contributed by atoms with Crippen molar-refractivity contribution in [2.45, 2.75) is 6.04 Å². The van der Waals surface area contributed by atoms with Crippen LogP contribution in [0.1, 0.15) is 10.4 Å². The quantitative estimate of drug-likeness (QED) is 0.851. The van der Waals surface area contributed by atoms with Gasteiger partial charge >= 0.3 is 0 Å². The highest BCUT2D eigenvalue weighted by molar-refractivity contribution is 7.94. The van der Waals surface area contributed by atoms with E-state index < -0.39 is 33.0 Å². The molecule has 0 spiro atoms. The average Bonchev–Trinajstić information content (AvgIpc) is 2.79. The minimum Gasteiger partial charge on any atom is -0.358 e. The summed E-state index contributed by atoms with van der Waals surface area (Å²) < 4.78 is 36.1. The molecular weight excluding hydrogens is 311 g/mol. The maximum atomic E-state index is 13.6. The third-order valence-corrected chi connectivity index (χ3v) is 4.75. The molecule has 1 atom stereocenters. The SMILES string of the molecule is O=C(N[C@@H]1C=CS(=O)(=O)C1)c1c[nH]c2c(F)cccc2c1=O. The van der Waals surface area contributed by atoms with Gasteiger partial charge in [0.1, 0.15) is 11.4 Å². The van der Waals surface area contributed by atoms with Gasteiger partial charge in [-0.3, -0.25) is 9.59 Å². The summed E-state index contributed by atoms with van der Waals surface area (Å²) in [7, 11) is -3.30. The molecule has 0 saturated carbocycles. The molecule has 1 amide bonds. The Bertz CT molecular complexity index is 962. The fourth-order valence-electron chi connectivity index (χ4n) is 2.30. The van der Waals surface area contributed by atoms with E-state index in [0.717, 1.165) is 11.6 Å². The van der Waals surface area contributed by atoms with Crippen molar-refractivity contribution in [3.63, 3.8) is 0 Å². The highest BCUT2D eigenvalue weighted by atomic mass is 32.2. The number of H-pyrrole nitrogens is 1. The predicted molar refractivity (Wildman–Crippen MR) is 78.7 cm³/mol. The van der Waals surface area contributed by atoms with Gasteiger partial charge in [0.25, 0.3) is 5.91 Å². The van der Waals surface area contributed by atoms with E-state index in [4.69, 9.17) is 0 Å². The van der Waals surface area contributed by atoms with Crippen LogP contribution in [-0.2, 0) is 9.84 Å². The number of para-hydroxylation sites is 1. The van der Waals surface area contributed by atoms with E-state index in [2.05, 4.69) is 10.3 Å². The molecule has 0 unspecified atom stereocenters. The summed E-state index contributed by atoms with van der Waals surface area (Å²) in [6.45, 7) is 0. The van der Waals surface area contributed by atoms with Gasteiger partial charge in [-0.15, -0.1) is 0 Å². The van der Waals surface area contributed by atoms with Gasteiger partial charge in [-0.2, -0.15) is 0 Å². The van der Waals surface area contributed by atoms with Crippen molar-refractivity contribution in [2.24, 2.45) is 0 Å². The Morgan fingerprint density at radius 3 is 2.82 bits per heavy atom. The number of carbonyl (C=O) groups is 1. The number of aromatic nitrogens is 1.